The number of carbonyl (C=O) groups excluding carboxylic acids is 1. The van der Waals surface area contributed by atoms with Crippen LogP contribution in [0, 0.1) is 0 Å². The van der Waals surface area contributed by atoms with Crippen LogP contribution in [0.5, 0.6) is 0 Å². The summed E-state index contributed by atoms with van der Waals surface area (Å²) in [5.74, 6) is -2.76. The number of alkyl halides is 6. The van der Waals surface area contributed by atoms with E-state index in [9.17, 15) is 35.9 Å². The van der Waals surface area contributed by atoms with Gasteiger partial charge in [0.05, 0.1) is 24.0 Å². The number of nitrogens with zero attached hydrogens (tertiary/aromatic N) is 3. The van der Waals surface area contributed by atoms with Gasteiger partial charge in [-0.2, -0.15) is 31.4 Å². The first-order chi connectivity index (χ1) is 20.4. The highest BCUT2D eigenvalue weighted by molar-refractivity contribution is 6.33. The second kappa shape index (κ2) is 14.0. The lowest BCUT2D eigenvalue weighted by Crippen LogP contribution is -2.54. The fourth-order valence-electron chi connectivity index (χ4n) is 4.25. The largest absolute Gasteiger partial charge is 0.490 e. The minimum atomic E-state index is -5.08. The van der Waals surface area contributed by atoms with E-state index >= 15 is 0 Å². The Hall–Kier alpha value is -4.31. The number of hydrogen-bond acceptors (Lipinski definition) is 6. The third-order valence-electron chi connectivity index (χ3n) is 6.10. The molecule has 0 radical (unpaired) electrons. The van der Waals surface area contributed by atoms with Crippen LogP contribution in [0.1, 0.15) is 25.0 Å². The van der Waals surface area contributed by atoms with Crippen molar-refractivity contribution in [3.8, 4) is 0 Å². The quantitative estimate of drug-likeness (QED) is 0.272. The van der Waals surface area contributed by atoms with Crippen LogP contribution < -0.4 is 26.4 Å². The molecule has 1 aliphatic rings. The van der Waals surface area contributed by atoms with E-state index in [1.165, 1.54) is 16.8 Å². The van der Waals surface area contributed by atoms with E-state index in [0.29, 0.717) is 24.5 Å². The Morgan fingerprint density at radius 2 is 1.57 bits per heavy atom. The van der Waals surface area contributed by atoms with Crippen molar-refractivity contribution in [2.75, 3.05) is 28.6 Å². The van der Waals surface area contributed by atoms with Crippen molar-refractivity contribution in [3.05, 3.63) is 81.2 Å². The van der Waals surface area contributed by atoms with Gasteiger partial charge in [0, 0.05) is 36.5 Å². The number of anilines is 3. The highest BCUT2D eigenvalue weighted by Crippen LogP contribution is 2.30. The van der Waals surface area contributed by atoms with Gasteiger partial charge in [0.15, 0.2) is 0 Å². The van der Waals surface area contributed by atoms with E-state index < -0.39 is 35.5 Å². The summed E-state index contributed by atoms with van der Waals surface area (Å²) in [7, 11) is 0. The summed E-state index contributed by atoms with van der Waals surface area (Å²) in [5, 5.41) is 19.9. The second-order valence-corrected chi connectivity index (χ2v) is 10.2. The molecule has 0 bridgehead atoms. The van der Waals surface area contributed by atoms with Gasteiger partial charge in [0.25, 0.3) is 5.56 Å². The summed E-state index contributed by atoms with van der Waals surface area (Å²) in [6.07, 6.45) is -7.99. The van der Waals surface area contributed by atoms with Gasteiger partial charge in [-0.15, -0.1) is 0 Å². The third-order valence-corrected chi connectivity index (χ3v) is 6.45. The molecule has 17 heteroatoms. The topological polar surface area (TPSA) is 129 Å². The Labute approximate surface area is 251 Å². The first-order valence-corrected chi connectivity index (χ1v) is 13.2. The van der Waals surface area contributed by atoms with Crippen molar-refractivity contribution < 1.29 is 41.0 Å². The molecule has 1 fully saturated rings. The van der Waals surface area contributed by atoms with E-state index in [1.54, 1.807) is 30.5 Å². The van der Waals surface area contributed by atoms with Gasteiger partial charge in [0.2, 0.25) is 0 Å². The number of amides is 2. The molecule has 10 nitrogen and oxygen atoms in total. The Balaban J connectivity index is 0.000000676. The minimum absolute atomic E-state index is 0.0134. The molecule has 238 valence electrons. The first-order valence-electron chi connectivity index (χ1n) is 12.8. The molecule has 4 N–H and O–H groups in total. The number of rotatable bonds is 5. The number of carbonyl (C=O) groups is 2. The maximum atomic E-state index is 12.9. The van der Waals surface area contributed by atoms with Crippen molar-refractivity contribution >= 4 is 40.7 Å². The van der Waals surface area contributed by atoms with Gasteiger partial charge in [-0.25, -0.2) is 14.3 Å². The molecule has 2 atom stereocenters. The average Bonchev–Trinajstić information content (AvgIpc) is 2.91. The molecular formula is C27H27ClF6N6O4. The molecule has 0 unspecified atom stereocenters. The maximum absolute atomic E-state index is 12.9. The number of aliphatic carboxylic acids is 1. The third kappa shape index (κ3) is 9.60. The van der Waals surface area contributed by atoms with Crippen LogP contribution in [0.15, 0.2) is 59.5 Å². The zero-order chi connectivity index (χ0) is 32.8. The highest BCUT2D eigenvalue weighted by Gasteiger charge is 2.38. The smallest absolute Gasteiger partial charge is 0.475 e. The van der Waals surface area contributed by atoms with Gasteiger partial charge < -0.3 is 26.0 Å². The fourth-order valence-corrected chi connectivity index (χ4v) is 4.51. The van der Waals surface area contributed by atoms with E-state index in [0.717, 1.165) is 17.7 Å². The molecule has 1 aromatic heterocycles. The summed E-state index contributed by atoms with van der Waals surface area (Å²) in [5.41, 5.74) is 0.522. The molecule has 44 heavy (non-hydrogen) atoms. The normalized spacial score (nSPS) is 16.9. The van der Waals surface area contributed by atoms with Gasteiger partial charge in [0.1, 0.15) is 5.02 Å². The van der Waals surface area contributed by atoms with Gasteiger partial charge in [-0.3, -0.25) is 4.79 Å². The molecule has 2 heterocycles. The van der Waals surface area contributed by atoms with E-state index in [2.05, 4.69) is 39.8 Å². The van der Waals surface area contributed by atoms with E-state index in [1.807, 2.05) is 0 Å². The zero-order valence-electron chi connectivity index (χ0n) is 23.1. The van der Waals surface area contributed by atoms with Crippen LogP contribution in [-0.2, 0) is 17.5 Å². The number of nitrogens with one attached hydrogen (secondary N) is 3. The maximum Gasteiger partial charge on any atom is 0.490 e. The number of carboxylic acids is 1. The first kappa shape index (κ1) is 34.2. The van der Waals surface area contributed by atoms with Crippen LogP contribution in [-0.4, -0.2) is 58.2 Å². The van der Waals surface area contributed by atoms with Crippen molar-refractivity contribution in [1.29, 1.82) is 0 Å². The predicted octanol–water partition coefficient (Wildman–Crippen LogP) is 5.43. The molecule has 2 amide bonds. The molecule has 3 aromatic rings. The molecule has 0 aliphatic carbocycles. The van der Waals surface area contributed by atoms with Crippen molar-refractivity contribution in [3.63, 3.8) is 0 Å². The lowest BCUT2D eigenvalue weighted by molar-refractivity contribution is -0.192. The van der Waals surface area contributed by atoms with Crippen LogP contribution in [0.4, 0.5) is 48.2 Å². The molecule has 1 aliphatic heterocycles. The van der Waals surface area contributed by atoms with Gasteiger partial charge >= 0.3 is 24.4 Å². The zero-order valence-corrected chi connectivity index (χ0v) is 23.9. The summed E-state index contributed by atoms with van der Waals surface area (Å²) in [6.45, 7) is 5.73. The lowest BCUT2D eigenvalue weighted by atomic mass is 10.1. The molecule has 4 rings (SSSR count). The van der Waals surface area contributed by atoms with Crippen LogP contribution in [0.3, 0.4) is 0 Å². The number of aromatic nitrogens is 2. The second-order valence-electron chi connectivity index (χ2n) is 9.84. The molecular weight excluding hydrogens is 622 g/mol. The summed E-state index contributed by atoms with van der Waals surface area (Å²) < 4.78 is 71.6. The molecule has 1 saturated heterocycles. The Morgan fingerprint density at radius 3 is 2.11 bits per heavy atom. The van der Waals surface area contributed by atoms with Crippen LogP contribution >= 0.6 is 11.6 Å². The number of carboxylic acid groups (broad SMARTS) is 1. The SMILES string of the molecule is C[C@@H]1CN(c2cnn(Cc3ccc(NC(=O)Nc4cccc(C(F)(F)F)c4)cc3)c(=O)c2Cl)C[C@H](C)N1.O=C(O)C(F)(F)F. The molecule has 2 aromatic carbocycles. The Bertz CT molecular complexity index is 1520. The van der Waals surface area contributed by atoms with Crippen molar-refractivity contribution in [1.82, 2.24) is 15.1 Å². The predicted molar refractivity (Wildman–Crippen MR) is 151 cm³/mol. The number of benzene rings is 2. The summed E-state index contributed by atoms with van der Waals surface area (Å²) in [4.78, 5) is 36.0. The summed E-state index contributed by atoms with van der Waals surface area (Å²) >= 11 is 6.42. The van der Waals surface area contributed by atoms with E-state index in [4.69, 9.17) is 21.5 Å². The van der Waals surface area contributed by atoms with Gasteiger partial charge in [-0.1, -0.05) is 29.8 Å². The standard InChI is InChI=1S/C25H26ClF3N6O2.C2HF3O2/c1-15-12-34(13-16(2)31-15)21-11-30-35(23(36)22(21)26)14-17-6-8-19(9-7-17)32-24(37)33-20-5-3-4-18(10-20)25(27,28)29;3-2(4,5)1(6)7/h3-11,15-16,31H,12-14H2,1-2H3,(H2,32,33,37);(H,6,7)/t15-,16+;. The minimum Gasteiger partial charge on any atom is -0.475 e. The monoisotopic (exact) mass is 648 g/mol. The number of halogens is 7. The van der Waals surface area contributed by atoms with E-state index in [-0.39, 0.29) is 29.3 Å². The average molecular weight is 649 g/mol. The summed E-state index contributed by atoms with van der Waals surface area (Å²) in [6, 6.07) is 10.8. The lowest BCUT2D eigenvalue weighted by Gasteiger charge is -2.37. The van der Waals surface area contributed by atoms with Crippen molar-refractivity contribution in [2.24, 2.45) is 0 Å². The van der Waals surface area contributed by atoms with Crippen LogP contribution in [0.25, 0.3) is 0 Å². The number of hydrogen-bond donors (Lipinski definition) is 4. The number of urea groups is 1. The number of piperazine rings is 1. The van der Waals surface area contributed by atoms with Gasteiger partial charge in [-0.05, 0) is 49.7 Å². The van der Waals surface area contributed by atoms with Crippen molar-refractivity contribution in [2.45, 2.75) is 44.8 Å². The molecule has 0 spiro atoms. The van der Waals surface area contributed by atoms with Crippen LogP contribution in [0.2, 0.25) is 5.02 Å². The fraction of sp³-hybridized carbons (Fsp3) is 0.333. The molecule has 0 saturated carbocycles. The Kier molecular flexibility index (Phi) is 10.9. The Morgan fingerprint density at radius 1 is 1.00 bits per heavy atom. The highest BCUT2D eigenvalue weighted by atomic mass is 35.5.